The van der Waals surface area contributed by atoms with Crippen LogP contribution in [0.25, 0.3) is 0 Å². The lowest BCUT2D eigenvalue weighted by Crippen LogP contribution is -2.56. The highest BCUT2D eigenvalue weighted by atomic mass is 16.6. The van der Waals surface area contributed by atoms with Gasteiger partial charge in [-0.15, -0.1) is 0 Å². The molecule has 150 valence electrons. The van der Waals surface area contributed by atoms with Crippen LogP contribution in [0.1, 0.15) is 57.1 Å². The highest BCUT2D eigenvalue weighted by Crippen LogP contribution is 2.71. The molecule has 3 rings (SSSR count). The molecule has 0 aromatic carbocycles. The predicted molar refractivity (Wildman–Crippen MR) is 97.4 cm³/mol. The van der Waals surface area contributed by atoms with Crippen LogP contribution < -0.4 is 0 Å². The first-order chi connectivity index (χ1) is 13.3. The molecular formula is C21H30O6. The molecule has 0 heterocycles. The number of allylic oxidation sites excluding steroid dienone is 1. The van der Waals surface area contributed by atoms with E-state index < -0.39 is 65.8 Å². The second-order valence-electron chi connectivity index (χ2n) is 8.78. The first-order valence-electron chi connectivity index (χ1n) is 10.5. The highest BCUT2D eigenvalue weighted by Gasteiger charge is 2.71. The summed E-state index contributed by atoms with van der Waals surface area (Å²) in [5, 5.41) is 0. The Labute approximate surface area is 163 Å². The summed E-state index contributed by atoms with van der Waals surface area (Å²) in [4.78, 5) is 36.0. The number of rotatable bonds is 3. The minimum absolute atomic E-state index is 0.296. The first kappa shape index (κ1) is 17.3. The molecular weight excluding hydrogens is 348 g/mol. The van der Waals surface area contributed by atoms with Crippen LogP contribution in [0.4, 0.5) is 0 Å². The Balaban J connectivity index is 2.27. The van der Waals surface area contributed by atoms with Gasteiger partial charge in [0, 0.05) is 34.3 Å². The van der Waals surface area contributed by atoms with Crippen molar-refractivity contribution in [2.75, 3.05) is 0 Å². The highest BCUT2D eigenvalue weighted by molar-refractivity contribution is 5.68. The molecule has 3 aliphatic rings. The van der Waals surface area contributed by atoms with E-state index in [1.54, 1.807) is 0 Å². The van der Waals surface area contributed by atoms with Gasteiger partial charge in [0.1, 0.15) is 12.2 Å². The van der Waals surface area contributed by atoms with Crippen molar-refractivity contribution in [1.29, 1.82) is 0 Å². The number of esters is 3. The Morgan fingerprint density at radius 1 is 1.00 bits per heavy atom. The molecule has 0 unspecified atom stereocenters. The molecule has 3 fully saturated rings. The number of ether oxygens (including phenoxy) is 3. The van der Waals surface area contributed by atoms with Crippen LogP contribution in [-0.4, -0.2) is 36.2 Å². The van der Waals surface area contributed by atoms with Gasteiger partial charge in [0.2, 0.25) is 0 Å². The molecule has 0 amide bonds. The van der Waals surface area contributed by atoms with Crippen LogP contribution in [0, 0.1) is 28.6 Å². The van der Waals surface area contributed by atoms with Gasteiger partial charge in [-0.25, -0.2) is 0 Å². The zero-order valence-electron chi connectivity index (χ0n) is 18.8. The molecule has 0 N–H and O–H groups in total. The van der Waals surface area contributed by atoms with E-state index in [1.165, 1.54) is 20.8 Å². The SMILES string of the molecule is [2H][C@@H]1[C@@H]2[C@@H]3C(=C)[C@H]([2H])[C@H]1[C@@]3(C)[C@H](OC(C)=O)[C@H](OC(C)=O)[C@@H](OC(C)=O)C2(C)C. The standard InChI is InChI=1S/C21H30O6/c1-10-8-14-9-15-16(10)21(14,7)19(27-13(4)24)17(25-11(2)22)18(20(15,5)6)26-12(3)23/h14-19H,1,8-9H2,2-7H3/t14-,15-,16+,17-,18-,19-,21-/m1/s1/i8D,9D/t8-,9-,14+,15+,16-,17+,18+,19+,21+/m0. The maximum absolute atomic E-state index is 12.1. The molecule has 9 atom stereocenters. The molecule has 0 radical (unpaired) electrons. The number of hydrogen-bond acceptors (Lipinski definition) is 6. The first-order valence-corrected chi connectivity index (χ1v) is 9.31. The minimum atomic E-state index is -1.04. The van der Waals surface area contributed by atoms with Crippen LogP contribution in [0.2, 0.25) is 0 Å². The zero-order valence-corrected chi connectivity index (χ0v) is 16.8. The summed E-state index contributed by atoms with van der Waals surface area (Å²) in [6.07, 6.45) is -4.20. The van der Waals surface area contributed by atoms with E-state index in [-0.39, 0.29) is 11.8 Å². The Kier molecular flexibility index (Phi) is 4.06. The van der Waals surface area contributed by atoms with E-state index in [9.17, 15) is 14.4 Å². The molecule has 0 aromatic heterocycles. The van der Waals surface area contributed by atoms with E-state index >= 15 is 0 Å². The fourth-order valence-corrected chi connectivity index (χ4v) is 5.59. The monoisotopic (exact) mass is 380 g/mol. The van der Waals surface area contributed by atoms with Crippen LogP contribution in [0.5, 0.6) is 0 Å². The largest absolute Gasteiger partial charge is 0.458 e. The molecule has 4 bridgehead atoms. The number of hydrogen-bond donors (Lipinski definition) is 0. The van der Waals surface area contributed by atoms with Crippen molar-refractivity contribution >= 4 is 17.9 Å². The van der Waals surface area contributed by atoms with Crippen molar-refractivity contribution in [3.05, 3.63) is 12.2 Å². The molecule has 3 aliphatic carbocycles. The lowest BCUT2D eigenvalue weighted by Gasteiger charge is -2.45. The number of carbonyl (C=O) groups is 3. The molecule has 6 nitrogen and oxygen atoms in total. The van der Waals surface area contributed by atoms with E-state index in [0.717, 1.165) is 0 Å². The maximum atomic E-state index is 12.1. The summed E-state index contributed by atoms with van der Waals surface area (Å²) in [5.41, 5.74) is -0.920. The van der Waals surface area contributed by atoms with Crippen LogP contribution in [0.3, 0.4) is 0 Å². The van der Waals surface area contributed by atoms with Crippen molar-refractivity contribution in [2.45, 2.75) is 72.6 Å². The average Bonchev–Trinajstić information content (AvgIpc) is 2.90. The summed E-state index contributed by atoms with van der Waals surface area (Å²) < 4.78 is 34.6. The van der Waals surface area contributed by atoms with Gasteiger partial charge in [-0.1, -0.05) is 32.9 Å². The normalized spacial score (nSPS) is 48.1. The Morgan fingerprint density at radius 2 is 1.52 bits per heavy atom. The van der Waals surface area contributed by atoms with Gasteiger partial charge in [-0.05, 0) is 30.5 Å². The fraction of sp³-hybridized carbons (Fsp3) is 0.762. The summed E-state index contributed by atoms with van der Waals surface area (Å²) in [6, 6.07) is 0. The Morgan fingerprint density at radius 3 is 2.04 bits per heavy atom. The topological polar surface area (TPSA) is 78.9 Å². The van der Waals surface area contributed by atoms with Crippen molar-refractivity contribution in [1.82, 2.24) is 0 Å². The summed E-state index contributed by atoms with van der Waals surface area (Å²) in [6.45, 7) is 13.6. The van der Waals surface area contributed by atoms with Gasteiger partial charge in [0.25, 0.3) is 0 Å². The van der Waals surface area contributed by atoms with E-state index in [0.29, 0.717) is 5.57 Å². The smallest absolute Gasteiger partial charge is 0.303 e. The van der Waals surface area contributed by atoms with Crippen LogP contribution >= 0.6 is 0 Å². The summed E-state index contributed by atoms with van der Waals surface area (Å²) in [5.74, 6) is -2.73. The third-order valence-corrected chi connectivity index (χ3v) is 6.65. The molecule has 27 heavy (non-hydrogen) atoms. The van der Waals surface area contributed by atoms with Gasteiger partial charge in [-0.3, -0.25) is 14.4 Å². The Hall–Kier alpha value is -1.85. The number of carbonyl (C=O) groups excluding carboxylic acids is 3. The minimum Gasteiger partial charge on any atom is -0.458 e. The second-order valence-corrected chi connectivity index (χ2v) is 8.78. The quantitative estimate of drug-likeness (QED) is 0.425. The lowest BCUT2D eigenvalue weighted by molar-refractivity contribution is -0.206. The van der Waals surface area contributed by atoms with E-state index in [4.69, 9.17) is 17.0 Å². The van der Waals surface area contributed by atoms with Gasteiger partial charge < -0.3 is 14.2 Å². The van der Waals surface area contributed by atoms with Gasteiger partial charge in [0.15, 0.2) is 6.10 Å². The van der Waals surface area contributed by atoms with Crippen LogP contribution in [-0.2, 0) is 28.6 Å². The second kappa shape index (κ2) is 6.35. The summed E-state index contributed by atoms with van der Waals surface area (Å²) in [7, 11) is 0. The van der Waals surface area contributed by atoms with E-state index in [1.807, 2.05) is 20.8 Å². The molecule has 6 heteroatoms. The van der Waals surface area contributed by atoms with Crippen LogP contribution in [0.15, 0.2) is 12.2 Å². The van der Waals surface area contributed by atoms with Crippen molar-refractivity contribution in [2.24, 2.45) is 28.6 Å². The maximum Gasteiger partial charge on any atom is 0.303 e. The van der Waals surface area contributed by atoms with Gasteiger partial charge in [-0.2, -0.15) is 0 Å². The van der Waals surface area contributed by atoms with E-state index in [2.05, 4.69) is 6.58 Å². The predicted octanol–water partition coefficient (Wildman–Crippen LogP) is 3.04. The molecule has 3 saturated carbocycles. The van der Waals surface area contributed by atoms with Gasteiger partial charge in [0.05, 0.1) is 0 Å². The third kappa shape index (κ3) is 2.88. The lowest BCUT2D eigenvalue weighted by atomic mass is 9.66. The molecule has 0 aliphatic heterocycles. The van der Waals surface area contributed by atoms with Gasteiger partial charge >= 0.3 is 17.9 Å². The van der Waals surface area contributed by atoms with Crippen molar-refractivity contribution < 1.29 is 31.3 Å². The van der Waals surface area contributed by atoms with Crippen molar-refractivity contribution in [3.63, 3.8) is 0 Å². The zero-order chi connectivity index (χ0) is 22.0. The Bertz CT molecular complexity index is 764. The molecule has 0 spiro atoms. The average molecular weight is 380 g/mol. The third-order valence-electron chi connectivity index (χ3n) is 6.65. The van der Waals surface area contributed by atoms with Crippen molar-refractivity contribution in [3.8, 4) is 0 Å². The molecule has 0 aromatic rings. The fourth-order valence-electron chi connectivity index (χ4n) is 5.59. The molecule has 0 saturated heterocycles. The summed E-state index contributed by atoms with van der Waals surface area (Å²) >= 11 is 0.